The van der Waals surface area contributed by atoms with Crippen molar-refractivity contribution in [3.63, 3.8) is 0 Å². The molecule has 10 nitrogen and oxygen atoms in total. The highest BCUT2D eigenvalue weighted by Gasteiger charge is 2.33. The molecule has 0 aromatic heterocycles. The fourth-order valence-electron chi connectivity index (χ4n) is 3.34. The van der Waals surface area contributed by atoms with Crippen LogP contribution in [0.3, 0.4) is 0 Å². The number of hydrogen-bond acceptors (Lipinski definition) is 7. The fraction of sp³-hybridized carbons (Fsp3) is 0.435. The Hall–Kier alpha value is -3.87. The standard InChI is InChI=1S/C21H25N5O5.C2H6/c1-3-17-18(4-2)31-19(12-30-17)20(29)25-5-7-26(8-6-25)21(23)24-14-10-16(28)15(27)9-13(14)11-22;1-2/h3-4,9-10,19,27-28H,5-8,12H2,1-2H3,(H2,23,24);1-2H3/b17-3+,18-4+;. The van der Waals surface area contributed by atoms with Gasteiger partial charge in [0.1, 0.15) is 12.7 Å². The first kappa shape index (κ1) is 25.4. The number of rotatable bonds is 2. The summed E-state index contributed by atoms with van der Waals surface area (Å²) < 4.78 is 11.4. The second kappa shape index (κ2) is 11.7. The molecule has 1 aromatic rings. The Labute approximate surface area is 193 Å². The van der Waals surface area contributed by atoms with Crippen molar-refractivity contribution in [1.82, 2.24) is 9.80 Å². The van der Waals surface area contributed by atoms with E-state index in [1.165, 1.54) is 6.07 Å². The lowest BCUT2D eigenvalue weighted by atomic mass is 10.2. The van der Waals surface area contributed by atoms with Crippen molar-refractivity contribution in [3.8, 4) is 17.6 Å². The molecule has 3 rings (SSSR count). The van der Waals surface area contributed by atoms with E-state index in [1.54, 1.807) is 22.0 Å². The molecule has 178 valence electrons. The number of phenolic OH excluding ortho intramolecular Hbond substituents is 2. The lowest BCUT2D eigenvalue weighted by molar-refractivity contribution is -0.148. The number of hydrogen-bond donors (Lipinski definition) is 3. The van der Waals surface area contributed by atoms with Crippen LogP contribution in [0.4, 0.5) is 5.69 Å². The number of ether oxygens (including phenoxy) is 2. The van der Waals surface area contributed by atoms with Crippen LogP contribution in [0.5, 0.6) is 11.5 Å². The van der Waals surface area contributed by atoms with Gasteiger partial charge in [-0.25, -0.2) is 4.99 Å². The molecule has 2 aliphatic heterocycles. The van der Waals surface area contributed by atoms with Gasteiger partial charge >= 0.3 is 0 Å². The zero-order chi connectivity index (χ0) is 24.5. The maximum atomic E-state index is 12.8. The van der Waals surface area contributed by atoms with Crippen LogP contribution < -0.4 is 5.73 Å². The van der Waals surface area contributed by atoms with Crippen LogP contribution in [0.15, 0.2) is 40.8 Å². The number of guanidine groups is 1. The second-order valence-electron chi connectivity index (χ2n) is 6.98. The molecule has 0 bridgehead atoms. The molecule has 1 atom stereocenters. The van der Waals surface area contributed by atoms with Gasteiger partial charge in [0.25, 0.3) is 5.91 Å². The third-order valence-electron chi connectivity index (χ3n) is 5.07. The van der Waals surface area contributed by atoms with Crippen LogP contribution in [-0.4, -0.2) is 70.8 Å². The summed E-state index contributed by atoms with van der Waals surface area (Å²) in [6.45, 7) is 9.54. The van der Waals surface area contributed by atoms with Gasteiger partial charge < -0.3 is 35.2 Å². The molecule has 4 N–H and O–H groups in total. The van der Waals surface area contributed by atoms with Crippen molar-refractivity contribution in [3.05, 3.63) is 41.4 Å². The topological polar surface area (TPSA) is 145 Å². The lowest BCUT2D eigenvalue weighted by Crippen LogP contribution is -2.55. The number of nitriles is 1. The van der Waals surface area contributed by atoms with Crippen molar-refractivity contribution in [2.24, 2.45) is 10.7 Å². The Bertz CT molecular complexity index is 988. The molecule has 0 saturated carbocycles. The van der Waals surface area contributed by atoms with Crippen molar-refractivity contribution < 1.29 is 24.5 Å². The van der Waals surface area contributed by atoms with Crippen LogP contribution in [0, 0.1) is 11.3 Å². The lowest BCUT2D eigenvalue weighted by Gasteiger charge is -2.37. The maximum absolute atomic E-state index is 12.8. The number of piperazine rings is 1. The molecule has 2 saturated heterocycles. The Kier molecular flexibility index (Phi) is 8.98. The molecule has 2 fully saturated rings. The molecule has 0 aliphatic carbocycles. The van der Waals surface area contributed by atoms with Crippen LogP contribution in [-0.2, 0) is 14.3 Å². The van der Waals surface area contributed by atoms with Crippen molar-refractivity contribution in [2.45, 2.75) is 33.8 Å². The Morgan fingerprint density at radius 3 is 2.27 bits per heavy atom. The van der Waals surface area contributed by atoms with Crippen LogP contribution >= 0.6 is 0 Å². The van der Waals surface area contributed by atoms with Gasteiger partial charge in [0.2, 0.25) is 6.10 Å². The Morgan fingerprint density at radius 1 is 1.12 bits per heavy atom. The van der Waals surface area contributed by atoms with Gasteiger partial charge in [0.15, 0.2) is 29.0 Å². The summed E-state index contributed by atoms with van der Waals surface area (Å²) in [5.41, 5.74) is 6.32. The first-order valence-electron chi connectivity index (χ1n) is 10.8. The molecule has 0 radical (unpaired) electrons. The summed E-state index contributed by atoms with van der Waals surface area (Å²) in [5, 5.41) is 28.4. The number of nitrogens with zero attached hydrogens (tertiary/aromatic N) is 4. The molecule has 10 heteroatoms. The Balaban J connectivity index is 0.00000187. The first-order chi connectivity index (χ1) is 15.9. The number of amides is 1. The molecule has 33 heavy (non-hydrogen) atoms. The minimum absolute atomic E-state index is 0.0850. The zero-order valence-corrected chi connectivity index (χ0v) is 19.4. The van der Waals surface area contributed by atoms with Gasteiger partial charge in [-0.15, -0.1) is 0 Å². The highest BCUT2D eigenvalue weighted by atomic mass is 16.6. The van der Waals surface area contributed by atoms with Gasteiger partial charge in [-0.05, 0) is 26.0 Å². The fourth-order valence-corrected chi connectivity index (χ4v) is 3.34. The summed E-state index contributed by atoms with van der Waals surface area (Å²) in [6.07, 6.45) is 2.86. The van der Waals surface area contributed by atoms with Gasteiger partial charge in [-0.2, -0.15) is 5.26 Å². The third kappa shape index (κ3) is 5.88. The van der Waals surface area contributed by atoms with E-state index in [-0.39, 0.29) is 29.7 Å². The summed E-state index contributed by atoms with van der Waals surface area (Å²) in [6, 6.07) is 4.21. The van der Waals surface area contributed by atoms with Gasteiger partial charge in [0.05, 0.1) is 11.3 Å². The summed E-state index contributed by atoms with van der Waals surface area (Å²) in [7, 11) is 0. The predicted octanol–water partition coefficient (Wildman–Crippen LogP) is 2.31. The average Bonchev–Trinajstić information content (AvgIpc) is 2.86. The second-order valence-corrected chi connectivity index (χ2v) is 6.98. The number of carbonyl (C=O) groups excluding carboxylic acids is 1. The molecule has 1 amide bonds. The molecule has 1 aromatic carbocycles. The summed E-state index contributed by atoms with van der Waals surface area (Å²) in [4.78, 5) is 20.5. The van der Waals surface area contributed by atoms with Crippen molar-refractivity contribution in [2.75, 3.05) is 32.8 Å². The average molecular weight is 458 g/mol. The number of phenols is 2. The number of carbonyl (C=O) groups is 1. The first-order valence-corrected chi connectivity index (χ1v) is 10.8. The number of nitrogens with two attached hydrogens (primary N) is 1. The Morgan fingerprint density at radius 2 is 1.70 bits per heavy atom. The number of benzene rings is 1. The summed E-state index contributed by atoms with van der Waals surface area (Å²) >= 11 is 0. The predicted molar refractivity (Wildman–Crippen MR) is 124 cm³/mol. The normalized spacial score (nSPS) is 20.9. The highest BCUT2D eigenvalue weighted by Crippen LogP contribution is 2.32. The van der Waals surface area contributed by atoms with E-state index < -0.39 is 17.6 Å². The molecular weight excluding hydrogens is 426 g/mol. The number of aromatic hydroxyl groups is 2. The van der Waals surface area contributed by atoms with Gasteiger partial charge in [-0.1, -0.05) is 13.8 Å². The zero-order valence-electron chi connectivity index (χ0n) is 19.4. The van der Waals surface area contributed by atoms with Gasteiger partial charge in [0, 0.05) is 38.3 Å². The van der Waals surface area contributed by atoms with E-state index in [1.807, 2.05) is 33.8 Å². The molecule has 1 unspecified atom stereocenters. The monoisotopic (exact) mass is 457 g/mol. The van der Waals surface area contributed by atoms with Crippen molar-refractivity contribution >= 4 is 17.6 Å². The van der Waals surface area contributed by atoms with E-state index in [0.717, 1.165) is 6.07 Å². The SMILES string of the molecule is C/C=C1/OCC(C(=O)N2CCN(C(N)=Nc3cc(O)c(O)cc3C#N)CC2)O/C1=C/C.CC. The quantitative estimate of drug-likeness (QED) is 0.349. The molecule has 2 heterocycles. The molecule has 0 spiro atoms. The molecular formula is C23H31N5O5. The third-order valence-corrected chi connectivity index (χ3v) is 5.07. The van der Waals surface area contributed by atoms with E-state index in [2.05, 4.69) is 4.99 Å². The van der Waals surface area contributed by atoms with E-state index in [0.29, 0.717) is 37.7 Å². The van der Waals surface area contributed by atoms with E-state index in [4.69, 9.17) is 15.2 Å². The maximum Gasteiger partial charge on any atom is 0.267 e. The van der Waals surface area contributed by atoms with Gasteiger partial charge in [-0.3, -0.25) is 4.79 Å². The number of aliphatic imine (C=N–C) groups is 1. The number of allylic oxidation sites excluding steroid dienone is 2. The van der Waals surface area contributed by atoms with Crippen LogP contribution in [0.25, 0.3) is 0 Å². The molecule has 2 aliphatic rings. The minimum Gasteiger partial charge on any atom is -0.504 e. The van der Waals surface area contributed by atoms with Crippen LogP contribution in [0.2, 0.25) is 0 Å². The van der Waals surface area contributed by atoms with E-state index in [9.17, 15) is 20.3 Å². The minimum atomic E-state index is -0.703. The van der Waals surface area contributed by atoms with E-state index >= 15 is 0 Å². The summed E-state index contributed by atoms with van der Waals surface area (Å²) in [5.74, 6) is 0.375. The van der Waals surface area contributed by atoms with Crippen LogP contribution in [0.1, 0.15) is 33.3 Å². The highest BCUT2D eigenvalue weighted by molar-refractivity contribution is 5.84. The largest absolute Gasteiger partial charge is 0.504 e. The van der Waals surface area contributed by atoms with Crippen molar-refractivity contribution in [1.29, 1.82) is 5.26 Å². The smallest absolute Gasteiger partial charge is 0.267 e.